The molecule has 0 unspecified atom stereocenters. The Hall–Kier alpha value is -1.51. The molecular weight excluding hydrogens is 248 g/mol. The van der Waals surface area contributed by atoms with Crippen molar-refractivity contribution in [1.82, 2.24) is 0 Å². The molecule has 5 heteroatoms. The number of nitrogens with two attached hydrogens (primary N) is 1. The number of sulfonamides is 1. The molecule has 0 atom stereocenters. The van der Waals surface area contributed by atoms with Crippen LogP contribution in [0.2, 0.25) is 0 Å². The molecule has 4 nitrogen and oxygen atoms in total. The third kappa shape index (κ3) is 3.03. The topological polar surface area (TPSA) is 72.2 Å². The minimum atomic E-state index is -3.20. The van der Waals surface area contributed by atoms with Crippen molar-refractivity contribution in [3.05, 3.63) is 29.3 Å². The normalized spacial score (nSPS) is 14.8. The maximum atomic E-state index is 11.8. The lowest BCUT2D eigenvalue weighted by Gasteiger charge is -2.09. The van der Waals surface area contributed by atoms with E-state index in [9.17, 15) is 8.42 Å². The highest BCUT2D eigenvalue weighted by Crippen LogP contribution is 2.30. The first-order valence-electron chi connectivity index (χ1n) is 5.84. The summed E-state index contributed by atoms with van der Waals surface area (Å²) in [5.41, 5.74) is 7.63. The lowest BCUT2D eigenvalue weighted by Crippen LogP contribution is -2.17. The summed E-state index contributed by atoms with van der Waals surface area (Å²) in [5, 5.41) is -0.214. The molecule has 0 heterocycles. The SMILES string of the molecule is Cc1cc(C#CCN)ccc1NS(=O)(=O)C1CC1. The monoisotopic (exact) mass is 264 g/mol. The lowest BCUT2D eigenvalue weighted by atomic mass is 10.1. The van der Waals surface area contributed by atoms with Gasteiger partial charge in [-0.2, -0.15) is 0 Å². The van der Waals surface area contributed by atoms with Gasteiger partial charge in [0.1, 0.15) is 0 Å². The van der Waals surface area contributed by atoms with E-state index in [4.69, 9.17) is 5.73 Å². The van der Waals surface area contributed by atoms with E-state index in [1.54, 1.807) is 12.1 Å². The number of hydrogen-bond acceptors (Lipinski definition) is 3. The predicted octanol–water partition coefficient (Wildman–Crippen LogP) is 1.21. The van der Waals surface area contributed by atoms with Crippen LogP contribution in [0.5, 0.6) is 0 Å². The average molecular weight is 264 g/mol. The Morgan fingerprint density at radius 3 is 2.72 bits per heavy atom. The first kappa shape index (κ1) is 12.9. The van der Waals surface area contributed by atoms with Crippen LogP contribution in [0.3, 0.4) is 0 Å². The molecule has 0 aliphatic heterocycles. The third-order valence-electron chi connectivity index (χ3n) is 2.78. The summed E-state index contributed by atoms with van der Waals surface area (Å²) >= 11 is 0. The molecule has 1 saturated carbocycles. The van der Waals surface area contributed by atoms with Crippen LogP contribution in [0.15, 0.2) is 18.2 Å². The summed E-state index contributed by atoms with van der Waals surface area (Å²) in [4.78, 5) is 0. The van der Waals surface area contributed by atoms with Crippen LogP contribution in [-0.2, 0) is 10.0 Å². The van der Waals surface area contributed by atoms with Gasteiger partial charge in [0.15, 0.2) is 0 Å². The van der Waals surface area contributed by atoms with Gasteiger partial charge in [0, 0.05) is 5.56 Å². The van der Waals surface area contributed by atoms with Gasteiger partial charge < -0.3 is 5.73 Å². The molecule has 0 radical (unpaired) electrons. The average Bonchev–Trinajstić information content (AvgIpc) is 3.13. The van der Waals surface area contributed by atoms with Crippen LogP contribution in [-0.4, -0.2) is 20.2 Å². The molecule has 0 bridgehead atoms. The Bertz CT molecular complexity index is 608. The van der Waals surface area contributed by atoms with Crippen LogP contribution >= 0.6 is 0 Å². The van der Waals surface area contributed by atoms with Gasteiger partial charge in [0.05, 0.1) is 17.5 Å². The first-order valence-corrected chi connectivity index (χ1v) is 7.39. The highest BCUT2D eigenvalue weighted by Gasteiger charge is 2.35. The summed E-state index contributed by atoms with van der Waals surface area (Å²) in [6.45, 7) is 2.17. The summed E-state index contributed by atoms with van der Waals surface area (Å²) in [7, 11) is -3.20. The zero-order valence-corrected chi connectivity index (χ0v) is 11.0. The second kappa shape index (κ2) is 5.01. The van der Waals surface area contributed by atoms with Crippen molar-refractivity contribution in [2.45, 2.75) is 25.0 Å². The largest absolute Gasteiger partial charge is 0.320 e. The number of hydrogen-bond donors (Lipinski definition) is 2. The molecule has 18 heavy (non-hydrogen) atoms. The smallest absolute Gasteiger partial charge is 0.235 e. The Kier molecular flexibility index (Phi) is 3.60. The maximum absolute atomic E-state index is 11.8. The summed E-state index contributed by atoms with van der Waals surface area (Å²) in [6.07, 6.45) is 1.52. The van der Waals surface area contributed by atoms with Gasteiger partial charge >= 0.3 is 0 Å². The highest BCUT2D eigenvalue weighted by molar-refractivity contribution is 7.93. The fourth-order valence-corrected chi connectivity index (χ4v) is 3.08. The second-order valence-electron chi connectivity index (χ2n) is 4.38. The molecular formula is C13H16N2O2S. The zero-order chi connectivity index (χ0) is 13.2. The quantitative estimate of drug-likeness (QED) is 0.806. The zero-order valence-electron chi connectivity index (χ0n) is 10.2. The molecule has 1 fully saturated rings. The third-order valence-corrected chi connectivity index (χ3v) is 4.63. The molecule has 96 valence electrons. The summed E-state index contributed by atoms with van der Waals surface area (Å²) in [5.74, 6) is 5.68. The molecule has 1 aliphatic rings. The van der Waals surface area contributed by atoms with Gasteiger partial charge in [0.2, 0.25) is 10.0 Å². The first-order chi connectivity index (χ1) is 8.53. The molecule has 0 aromatic heterocycles. The molecule has 3 N–H and O–H groups in total. The Morgan fingerprint density at radius 2 is 2.17 bits per heavy atom. The minimum Gasteiger partial charge on any atom is -0.320 e. The Morgan fingerprint density at radius 1 is 1.44 bits per heavy atom. The van der Waals surface area contributed by atoms with Gasteiger partial charge in [-0.3, -0.25) is 4.72 Å². The van der Waals surface area contributed by atoms with Gasteiger partial charge in [-0.1, -0.05) is 11.8 Å². The van der Waals surface area contributed by atoms with Crippen LogP contribution < -0.4 is 10.5 Å². The van der Waals surface area contributed by atoms with Crippen molar-refractivity contribution in [3.63, 3.8) is 0 Å². The van der Waals surface area contributed by atoms with Crippen LogP contribution in [0, 0.1) is 18.8 Å². The van der Waals surface area contributed by atoms with Crippen molar-refractivity contribution in [1.29, 1.82) is 0 Å². The fourth-order valence-electron chi connectivity index (χ4n) is 1.62. The molecule has 1 aromatic carbocycles. The molecule has 1 aliphatic carbocycles. The number of anilines is 1. The predicted molar refractivity (Wildman–Crippen MR) is 72.7 cm³/mol. The van der Waals surface area contributed by atoms with E-state index in [0.29, 0.717) is 12.2 Å². The maximum Gasteiger partial charge on any atom is 0.235 e. The van der Waals surface area contributed by atoms with Crippen molar-refractivity contribution in [2.75, 3.05) is 11.3 Å². The van der Waals surface area contributed by atoms with Crippen LogP contribution in [0.4, 0.5) is 5.69 Å². The van der Waals surface area contributed by atoms with E-state index in [1.807, 2.05) is 13.0 Å². The Balaban J connectivity index is 2.19. The second-order valence-corrected chi connectivity index (χ2v) is 6.34. The summed E-state index contributed by atoms with van der Waals surface area (Å²) < 4.78 is 26.3. The molecule has 0 saturated heterocycles. The summed E-state index contributed by atoms with van der Waals surface area (Å²) in [6, 6.07) is 5.39. The van der Waals surface area contributed by atoms with Gasteiger partial charge in [0.25, 0.3) is 0 Å². The fraction of sp³-hybridized carbons (Fsp3) is 0.385. The van der Waals surface area contributed by atoms with Gasteiger partial charge in [-0.25, -0.2) is 8.42 Å². The van der Waals surface area contributed by atoms with Crippen molar-refractivity contribution >= 4 is 15.7 Å². The van der Waals surface area contributed by atoms with E-state index in [2.05, 4.69) is 16.6 Å². The van der Waals surface area contributed by atoms with Crippen LogP contribution in [0.25, 0.3) is 0 Å². The van der Waals surface area contributed by atoms with Crippen molar-refractivity contribution < 1.29 is 8.42 Å². The molecule has 0 amide bonds. The minimum absolute atomic E-state index is 0.214. The van der Waals surface area contributed by atoms with Gasteiger partial charge in [-0.15, -0.1) is 0 Å². The molecule has 1 aromatic rings. The number of aryl methyl sites for hydroxylation is 1. The van der Waals surface area contributed by atoms with E-state index in [0.717, 1.165) is 24.0 Å². The van der Waals surface area contributed by atoms with E-state index < -0.39 is 10.0 Å². The lowest BCUT2D eigenvalue weighted by molar-refractivity contribution is 0.600. The van der Waals surface area contributed by atoms with Crippen LogP contribution in [0.1, 0.15) is 24.0 Å². The van der Waals surface area contributed by atoms with E-state index in [1.165, 1.54) is 0 Å². The number of rotatable bonds is 3. The number of nitrogens with one attached hydrogen (secondary N) is 1. The molecule has 0 spiro atoms. The van der Waals surface area contributed by atoms with Gasteiger partial charge in [-0.05, 0) is 43.5 Å². The number of benzene rings is 1. The van der Waals surface area contributed by atoms with Crippen molar-refractivity contribution in [3.8, 4) is 11.8 Å². The standard InChI is InChI=1S/C13H16N2O2S/c1-10-9-11(3-2-8-14)4-7-13(10)15-18(16,17)12-5-6-12/h4,7,9,12,15H,5-6,8,14H2,1H3. The highest BCUT2D eigenvalue weighted by atomic mass is 32.2. The van der Waals surface area contributed by atoms with Crippen molar-refractivity contribution in [2.24, 2.45) is 5.73 Å². The van der Waals surface area contributed by atoms with E-state index >= 15 is 0 Å². The van der Waals surface area contributed by atoms with E-state index in [-0.39, 0.29) is 5.25 Å². The molecule has 2 rings (SSSR count). The Labute approximate surface area is 108 Å².